The zero-order chi connectivity index (χ0) is 22.2. The van der Waals surface area contributed by atoms with Gasteiger partial charge in [0.1, 0.15) is 6.10 Å². The van der Waals surface area contributed by atoms with Gasteiger partial charge in [0.15, 0.2) is 0 Å². The number of rotatable bonds is 5. The van der Waals surface area contributed by atoms with Crippen LogP contribution in [0.25, 0.3) is 0 Å². The van der Waals surface area contributed by atoms with E-state index in [-0.39, 0.29) is 12.0 Å². The molecule has 1 aliphatic carbocycles. The fourth-order valence-corrected chi connectivity index (χ4v) is 5.58. The molecule has 1 aromatic carbocycles. The molecule has 7 nitrogen and oxygen atoms in total. The van der Waals surface area contributed by atoms with E-state index in [1.165, 1.54) is 37.8 Å². The fourth-order valence-electron chi connectivity index (χ4n) is 5.58. The van der Waals surface area contributed by atoms with Gasteiger partial charge >= 0.3 is 0 Å². The number of hydrogen-bond acceptors (Lipinski definition) is 6. The summed E-state index contributed by atoms with van der Waals surface area (Å²) in [6.07, 6.45) is 10.9. The number of nitrogens with zero attached hydrogens (tertiary/aromatic N) is 5. The highest BCUT2D eigenvalue weighted by Gasteiger charge is 2.39. The number of amides is 1. The van der Waals surface area contributed by atoms with Gasteiger partial charge in [0.05, 0.1) is 18.1 Å². The average Bonchev–Trinajstić information content (AvgIpc) is 3.64. The summed E-state index contributed by atoms with van der Waals surface area (Å²) in [5, 5.41) is 0. The molecule has 4 heterocycles. The Labute approximate surface area is 195 Å². The zero-order valence-corrected chi connectivity index (χ0v) is 19.2. The lowest BCUT2D eigenvalue weighted by Gasteiger charge is -2.37. The number of anilines is 1. The number of fused-ring (bicyclic) bond motifs is 1. The van der Waals surface area contributed by atoms with Crippen LogP contribution in [-0.2, 0) is 0 Å². The third kappa shape index (κ3) is 4.56. The van der Waals surface area contributed by atoms with E-state index in [1.54, 1.807) is 6.20 Å². The highest BCUT2D eigenvalue weighted by Crippen LogP contribution is 2.38. The Balaban J connectivity index is 1.07. The van der Waals surface area contributed by atoms with Crippen molar-refractivity contribution in [2.75, 3.05) is 44.2 Å². The van der Waals surface area contributed by atoms with E-state index in [9.17, 15) is 4.79 Å². The Hall–Kier alpha value is -2.67. The van der Waals surface area contributed by atoms with Crippen LogP contribution in [0.3, 0.4) is 0 Å². The summed E-state index contributed by atoms with van der Waals surface area (Å²) < 4.78 is 6.16. The van der Waals surface area contributed by atoms with Crippen LogP contribution in [-0.4, -0.2) is 77.1 Å². The minimum Gasteiger partial charge on any atom is -0.472 e. The van der Waals surface area contributed by atoms with Gasteiger partial charge in [0.2, 0.25) is 5.88 Å². The van der Waals surface area contributed by atoms with Crippen LogP contribution in [0, 0.1) is 0 Å². The molecule has 4 fully saturated rings. The first-order valence-electron chi connectivity index (χ1n) is 12.6. The molecule has 2 aromatic rings. The fraction of sp³-hybridized carbons (Fsp3) is 0.577. The van der Waals surface area contributed by atoms with E-state index in [2.05, 4.69) is 31.9 Å². The van der Waals surface area contributed by atoms with Crippen LogP contribution >= 0.6 is 0 Å². The van der Waals surface area contributed by atoms with Crippen molar-refractivity contribution in [3.8, 4) is 5.88 Å². The molecular weight excluding hydrogens is 414 g/mol. The maximum atomic E-state index is 13.3. The molecule has 7 heteroatoms. The molecule has 174 valence electrons. The van der Waals surface area contributed by atoms with Crippen molar-refractivity contribution in [1.82, 2.24) is 19.8 Å². The lowest BCUT2D eigenvalue weighted by molar-refractivity contribution is 0.0569. The molecule has 3 aliphatic heterocycles. The summed E-state index contributed by atoms with van der Waals surface area (Å²) in [6, 6.07) is 8.57. The third-order valence-electron chi connectivity index (χ3n) is 7.61. The topological polar surface area (TPSA) is 61.8 Å². The van der Waals surface area contributed by atoms with Crippen molar-refractivity contribution in [1.29, 1.82) is 0 Å². The standard InChI is InChI=1S/C26H33N5O2/c32-26(20-5-4-6-21(13-20)29-9-2-1-3-10-29)31-12-11-30-18-23(14-22(30)17-31)33-25-16-27-24(15-28-25)19-7-8-19/h4-6,13,15-16,19,22-23H,1-3,7-12,14,17-18H2/t22-,23+/m0/s1. The van der Waals surface area contributed by atoms with Gasteiger partial charge in [0.25, 0.3) is 5.91 Å². The second-order valence-electron chi connectivity index (χ2n) is 10.0. The van der Waals surface area contributed by atoms with E-state index in [1.807, 2.05) is 23.2 Å². The Morgan fingerprint density at radius 3 is 2.64 bits per heavy atom. The number of ether oxygens (including phenoxy) is 1. The summed E-state index contributed by atoms with van der Waals surface area (Å²) in [5.41, 5.74) is 3.08. The van der Waals surface area contributed by atoms with Crippen LogP contribution in [0.5, 0.6) is 5.88 Å². The molecular formula is C26H33N5O2. The number of benzene rings is 1. The Kier molecular flexibility index (Phi) is 5.66. The van der Waals surface area contributed by atoms with E-state index >= 15 is 0 Å². The molecule has 3 saturated heterocycles. The van der Waals surface area contributed by atoms with Crippen molar-refractivity contribution in [2.24, 2.45) is 0 Å². The summed E-state index contributed by atoms with van der Waals surface area (Å²) >= 11 is 0. The molecule has 4 aliphatic rings. The third-order valence-corrected chi connectivity index (χ3v) is 7.61. The van der Waals surface area contributed by atoms with Gasteiger partial charge in [-0.1, -0.05) is 6.07 Å². The predicted molar refractivity (Wildman–Crippen MR) is 127 cm³/mol. The van der Waals surface area contributed by atoms with Gasteiger partial charge in [-0.25, -0.2) is 4.98 Å². The monoisotopic (exact) mass is 447 g/mol. The first-order valence-corrected chi connectivity index (χ1v) is 12.6. The van der Waals surface area contributed by atoms with Crippen LogP contribution in [0.15, 0.2) is 36.7 Å². The largest absolute Gasteiger partial charge is 0.472 e. The minimum absolute atomic E-state index is 0.105. The van der Waals surface area contributed by atoms with Crippen LogP contribution in [0.4, 0.5) is 5.69 Å². The van der Waals surface area contributed by atoms with Gasteiger partial charge in [0, 0.05) is 68.9 Å². The van der Waals surface area contributed by atoms with E-state index in [4.69, 9.17) is 4.74 Å². The molecule has 0 radical (unpaired) electrons. The van der Waals surface area contributed by atoms with Crippen molar-refractivity contribution in [2.45, 2.75) is 56.6 Å². The average molecular weight is 448 g/mol. The molecule has 1 aromatic heterocycles. The summed E-state index contributed by atoms with van der Waals surface area (Å²) in [4.78, 5) is 29.2. The summed E-state index contributed by atoms with van der Waals surface area (Å²) in [5.74, 6) is 1.38. The molecule has 0 spiro atoms. The number of carbonyl (C=O) groups is 1. The van der Waals surface area contributed by atoms with Crippen molar-refractivity contribution in [3.63, 3.8) is 0 Å². The van der Waals surface area contributed by atoms with Crippen molar-refractivity contribution < 1.29 is 9.53 Å². The van der Waals surface area contributed by atoms with Crippen LogP contribution < -0.4 is 9.64 Å². The molecule has 6 rings (SSSR count). The number of hydrogen-bond donors (Lipinski definition) is 0. The Morgan fingerprint density at radius 2 is 1.85 bits per heavy atom. The molecule has 0 bridgehead atoms. The SMILES string of the molecule is O=C(c1cccc(N2CCCCC2)c1)N1CCN2C[C@H](Oc3cnc(C4CC4)cn3)C[C@H]2C1. The highest BCUT2D eigenvalue weighted by atomic mass is 16.5. The van der Waals surface area contributed by atoms with Crippen LogP contribution in [0.2, 0.25) is 0 Å². The number of carbonyl (C=O) groups excluding carboxylic acids is 1. The number of aromatic nitrogens is 2. The van der Waals surface area contributed by atoms with E-state index in [0.29, 0.717) is 17.8 Å². The molecule has 0 unspecified atom stereocenters. The van der Waals surface area contributed by atoms with Gasteiger partial charge in [-0.05, 0) is 50.3 Å². The minimum atomic E-state index is 0.105. The smallest absolute Gasteiger partial charge is 0.254 e. The maximum absolute atomic E-state index is 13.3. The van der Waals surface area contributed by atoms with Crippen molar-refractivity contribution in [3.05, 3.63) is 47.9 Å². The highest BCUT2D eigenvalue weighted by molar-refractivity contribution is 5.95. The van der Waals surface area contributed by atoms with E-state index in [0.717, 1.165) is 56.9 Å². The summed E-state index contributed by atoms with van der Waals surface area (Å²) in [7, 11) is 0. The Morgan fingerprint density at radius 1 is 0.970 bits per heavy atom. The lowest BCUT2D eigenvalue weighted by Crippen LogP contribution is -2.52. The maximum Gasteiger partial charge on any atom is 0.254 e. The Bertz CT molecular complexity index is 986. The molecule has 0 N–H and O–H groups in total. The van der Waals surface area contributed by atoms with E-state index < -0.39 is 0 Å². The molecule has 2 atom stereocenters. The van der Waals surface area contributed by atoms with Gasteiger partial charge in [-0.2, -0.15) is 0 Å². The molecule has 1 amide bonds. The normalized spacial score (nSPS) is 25.7. The number of piperazine rings is 1. The molecule has 33 heavy (non-hydrogen) atoms. The first kappa shape index (κ1) is 20.9. The quantitative estimate of drug-likeness (QED) is 0.701. The summed E-state index contributed by atoms with van der Waals surface area (Å²) in [6.45, 7) is 5.50. The predicted octanol–water partition coefficient (Wildman–Crippen LogP) is 3.32. The first-order chi connectivity index (χ1) is 16.2. The van der Waals surface area contributed by atoms with Gasteiger partial charge in [-0.3, -0.25) is 14.7 Å². The van der Waals surface area contributed by atoms with Gasteiger partial charge < -0.3 is 14.5 Å². The van der Waals surface area contributed by atoms with Crippen LogP contribution in [0.1, 0.15) is 60.5 Å². The lowest BCUT2D eigenvalue weighted by atomic mass is 10.1. The second kappa shape index (κ2) is 8.93. The molecule has 1 saturated carbocycles. The zero-order valence-electron chi connectivity index (χ0n) is 19.2. The van der Waals surface area contributed by atoms with Gasteiger partial charge in [-0.15, -0.1) is 0 Å². The number of piperidine rings is 1. The second-order valence-corrected chi connectivity index (χ2v) is 10.0. The van der Waals surface area contributed by atoms with Crippen molar-refractivity contribution >= 4 is 11.6 Å².